The highest BCUT2D eigenvalue weighted by atomic mass is 16.6. The maximum atomic E-state index is 14.6. The van der Waals surface area contributed by atoms with Crippen molar-refractivity contribution in [1.82, 2.24) is 15.5 Å². The van der Waals surface area contributed by atoms with E-state index in [0.717, 1.165) is 73.6 Å². The van der Waals surface area contributed by atoms with E-state index in [9.17, 15) is 14.4 Å². The molecule has 2 N–H and O–H groups in total. The average Bonchev–Trinajstić information content (AvgIpc) is 2.95. The van der Waals surface area contributed by atoms with Gasteiger partial charge in [0.25, 0.3) is 0 Å². The van der Waals surface area contributed by atoms with Gasteiger partial charge < -0.3 is 20.3 Å². The molecule has 43 heavy (non-hydrogen) atoms. The summed E-state index contributed by atoms with van der Waals surface area (Å²) in [6.45, 7) is 14.7. The van der Waals surface area contributed by atoms with Gasteiger partial charge >= 0.3 is 6.09 Å². The van der Waals surface area contributed by atoms with Crippen molar-refractivity contribution < 1.29 is 19.1 Å². The molecule has 2 unspecified atom stereocenters. The van der Waals surface area contributed by atoms with Crippen molar-refractivity contribution in [2.45, 2.75) is 124 Å². The standard InChI is InChI=1S/C36H55N3O4/c1-8-10-12-13-18-25-39(32(33(40)37-24-17-11-9-2)30-23-19-20-27(3)28(30)4)34(41)31(26-29-21-15-14-16-22-29)38-35(42)43-36(5,6)7/h14-16,19-23,31-32H,8-13,17-18,24-26H2,1-7H3,(H,37,40)(H,38,42). The van der Waals surface area contributed by atoms with E-state index in [1.807, 2.05) is 62.4 Å². The number of alkyl carbamates (subject to hydrolysis) is 1. The summed E-state index contributed by atoms with van der Waals surface area (Å²) in [5.74, 6) is -0.484. The quantitative estimate of drug-likeness (QED) is 0.185. The Kier molecular flexibility index (Phi) is 15.3. The van der Waals surface area contributed by atoms with Crippen molar-refractivity contribution in [3.63, 3.8) is 0 Å². The van der Waals surface area contributed by atoms with Crippen LogP contribution in [0.15, 0.2) is 48.5 Å². The van der Waals surface area contributed by atoms with E-state index < -0.39 is 23.8 Å². The molecule has 238 valence electrons. The maximum Gasteiger partial charge on any atom is 0.408 e. The lowest BCUT2D eigenvalue weighted by atomic mass is 9.94. The van der Waals surface area contributed by atoms with Gasteiger partial charge in [-0.15, -0.1) is 0 Å². The molecular weight excluding hydrogens is 538 g/mol. The lowest BCUT2D eigenvalue weighted by Gasteiger charge is -2.35. The van der Waals surface area contributed by atoms with Crippen LogP contribution in [0, 0.1) is 13.8 Å². The van der Waals surface area contributed by atoms with E-state index in [1.165, 1.54) is 0 Å². The molecule has 0 bridgehead atoms. The highest BCUT2D eigenvalue weighted by molar-refractivity contribution is 5.92. The average molecular weight is 594 g/mol. The van der Waals surface area contributed by atoms with Crippen molar-refractivity contribution in [1.29, 1.82) is 0 Å². The van der Waals surface area contributed by atoms with Gasteiger partial charge in [0.15, 0.2) is 0 Å². The molecule has 7 heteroatoms. The van der Waals surface area contributed by atoms with Gasteiger partial charge in [0, 0.05) is 19.5 Å². The Morgan fingerprint density at radius 2 is 1.49 bits per heavy atom. The van der Waals surface area contributed by atoms with Crippen LogP contribution >= 0.6 is 0 Å². The van der Waals surface area contributed by atoms with E-state index in [4.69, 9.17) is 4.74 Å². The minimum atomic E-state index is -0.909. The van der Waals surface area contributed by atoms with Gasteiger partial charge in [0.05, 0.1) is 0 Å². The van der Waals surface area contributed by atoms with Gasteiger partial charge in [-0.05, 0) is 69.7 Å². The summed E-state index contributed by atoms with van der Waals surface area (Å²) in [6.07, 6.45) is 7.61. The Bertz CT molecular complexity index is 1140. The molecule has 0 aromatic heterocycles. The first-order valence-electron chi connectivity index (χ1n) is 16.2. The summed E-state index contributed by atoms with van der Waals surface area (Å²) < 4.78 is 5.56. The minimum absolute atomic E-state index is 0.192. The number of rotatable bonds is 17. The Balaban J connectivity index is 2.56. The highest BCUT2D eigenvalue weighted by Crippen LogP contribution is 2.28. The number of carbonyl (C=O) groups excluding carboxylic acids is 3. The fourth-order valence-electron chi connectivity index (χ4n) is 5.16. The van der Waals surface area contributed by atoms with E-state index in [2.05, 4.69) is 24.5 Å². The van der Waals surface area contributed by atoms with Crippen molar-refractivity contribution in [3.8, 4) is 0 Å². The Labute approximate surface area is 260 Å². The van der Waals surface area contributed by atoms with Crippen LogP contribution in [0.2, 0.25) is 0 Å². The Morgan fingerprint density at radius 1 is 0.837 bits per heavy atom. The van der Waals surface area contributed by atoms with Crippen molar-refractivity contribution in [2.75, 3.05) is 13.1 Å². The van der Waals surface area contributed by atoms with Crippen LogP contribution in [0.3, 0.4) is 0 Å². The van der Waals surface area contributed by atoms with E-state index in [0.29, 0.717) is 13.1 Å². The van der Waals surface area contributed by atoms with Crippen LogP contribution in [-0.4, -0.2) is 47.5 Å². The number of unbranched alkanes of at least 4 members (excludes halogenated alkanes) is 6. The molecule has 0 aliphatic heterocycles. The molecule has 0 aliphatic carbocycles. The molecule has 2 atom stereocenters. The van der Waals surface area contributed by atoms with E-state index >= 15 is 0 Å². The molecule has 0 heterocycles. The molecule has 7 nitrogen and oxygen atoms in total. The number of hydrogen-bond donors (Lipinski definition) is 2. The fraction of sp³-hybridized carbons (Fsp3) is 0.583. The zero-order chi connectivity index (χ0) is 31.8. The molecule has 0 saturated carbocycles. The van der Waals surface area contributed by atoms with Crippen molar-refractivity contribution >= 4 is 17.9 Å². The maximum absolute atomic E-state index is 14.6. The van der Waals surface area contributed by atoms with Crippen molar-refractivity contribution in [2.24, 2.45) is 0 Å². The number of nitrogens with zero attached hydrogens (tertiary/aromatic N) is 1. The summed E-state index contributed by atoms with van der Waals surface area (Å²) >= 11 is 0. The SMILES string of the molecule is CCCCCCCN(C(=O)C(Cc1ccccc1)NC(=O)OC(C)(C)C)C(C(=O)NCCCCC)c1cccc(C)c1C. The van der Waals surface area contributed by atoms with Crippen LogP contribution in [0.1, 0.15) is 114 Å². The summed E-state index contributed by atoms with van der Waals surface area (Å²) in [5, 5.41) is 5.98. The second kappa shape index (κ2) is 18.3. The van der Waals surface area contributed by atoms with E-state index in [1.54, 1.807) is 25.7 Å². The lowest BCUT2D eigenvalue weighted by Crippen LogP contribution is -2.54. The molecule has 0 saturated heterocycles. The number of carbonyl (C=O) groups is 3. The third-order valence-electron chi connectivity index (χ3n) is 7.64. The Morgan fingerprint density at radius 3 is 2.14 bits per heavy atom. The first-order valence-corrected chi connectivity index (χ1v) is 16.2. The van der Waals surface area contributed by atoms with Crippen LogP contribution in [-0.2, 0) is 20.7 Å². The van der Waals surface area contributed by atoms with Gasteiger partial charge in [-0.25, -0.2) is 4.79 Å². The van der Waals surface area contributed by atoms with Gasteiger partial charge in [0.1, 0.15) is 17.7 Å². The number of aryl methyl sites for hydroxylation is 1. The first-order chi connectivity index (χ1) is 20.5. The number of nitrogens with one attached hydrogen (secondary N) is 2. The number of hydrogen-bond acceptors (Lipinski definition) is 4. The number of amides is 3. The van der Waals surface area contributed by atoms with Gasteiger partial charge in [-0.1, -0.05) is 101 Å². The fourth-order valence-corrected chi connectivity index (χ4v) is 5.16. The molecule has 2 aromatic carbocycles. The van der Waals surface area contributed by atoms with E-state index in [-0.39, 0.29) is 18.2 Å². The minimum Gasteiger partial charge on any atom is -0.444 e. The predicted molar refractivity (Wildman–Crippen MR) is 175 cm³/mol. The second-order valence-electron chi connectivity index (χ2n) is 12.5. The summed E-state index contributed by atoms with van der Waals surface area (Å²) in [5.41, 5.74) is 3.05. The zero-order valence-electron chi connectivity index (χ0n) is 27.6. The zero-order valence-corrected chi connectivity index (χ0v) is 27.6. The molecule has 2 rings (SSSR count). The van der Waals surface area contributed by atoms with Crippen LogP contribution in [0.25, 0.3) is 0 Å². The molecule has 0 aliphatic rings. The molecule has 0 fully saturated rings. The Hall–Kier alpha value is -3.35. The van der Waals surface area contributed by atoms with Crippen LogP contribution in [0.4, 0.5) is 4.79 Å². The monoisotopic (exact) mass is 593 g/mol. The largest absolute Gasteiger partial charge is 0.444 e. The summed E-state index contributed by atoms with van der Waals surface area (Å²) in [7, 11) is 0. The molecule has 0 radical (unpaired) electrons. The van der Waals surface area contributed by atoms with Gasteiger partial charge in [-0.3, -0.25) is 9.59 Å². The third-order valence-corrected chi connectivity index (χ3v) is 7.64. The van der Waals surface area contributed by atoms with Crippen LogP contribution in [0.5, 0.6) is 0 Å². The summed E-state index contributed by atoms with van der Waals surface area (Å²) in [4.78, 5) is 43.4. The van der Waals surface area contributed by atoms with Crippen LogP contribution < -0.4 is 10.6 Å². The predicted octanol–water partition coefficient (Wildman–Crippen LogP) is 7.59. The smallest absolute Gasteiger partial charge is 0.408 e. The molecule has 2 aromatic rings. The van der Waals surface area contributed by atoms with Gasteiger partial charge in [-0.2, -0.15) is 0 Å². The third kappa shape index (κ3) is 12.4. The van der Waals surface area contributed by atoms with Gasteiger partial charge in [0.2, 0.25) is 11.8 Å². The second-order valence-corrected chi connectivity index (χ2v) is 12.5. The number of ether oxygens (including phenoxy) is 1. The van der Waals surface area contributed by atoms with Crippen molar-refractivity contribution in [3.05, 3.63) is 70.8 Å². The first kappa shape index (κ1) is 35.8. The topological polar surface area (TPSA) is 87.7 Å². The lowest BCUT2D eigenvalue weighted by molar-refractivity contribution is -0.142. The summed E-state index contributed by atoms with van der Waals surface area (Å²) in [6, 6.07) is 13.8. The molecular formula is C36H55N3O4. The highest BCUT2D eigenvalue weighted by Gasteiger charge is 2.37. The molecule has 3 amide bonds. The number of benzene rings is 2. The molecule has 0 spiro atoms. The normalized spacial score (nSPS) is 12.7.